The number of benzene rings is 3. The predicted molar refractivity (Wildman–Crippen MR) is 172 cm³/mol. The molecule has 1 aromatic heterocycles. The fourth-order valence-electron chi connectivity index (χ4n) is 5.94. The average Bonchev–Trinajstić information content (AvgIpc) is 3.15. The molecule has 0 unspecified atom stereocenters. The number of nitrogens with zero attached hydrogens (tertiary/aromatic N) is 2. The average molecular weight is 673 g/mol. The first kappa shape index (κ1) is 30.3. The number of hydrogen-bond acceptors (Lipinski definition) is 7. The lowest BCUT2D eigenvalue weighted by molar-refractivity contribution is -0.118. The van der Waals surface area contributed by atoms with Crippen LogP contribution in [0.5, 0.6) is 17.2 Å². The zero-order valence-corrected chi connectivity index (χ0v) is 26.5. The van der Waals surface area contributed by atoms with Crippen LogP contribution in [0.1, 0.15) is 54.3 Å². The number of allylic oxidation sites excluding steroid dienone is 1. The molecule has 6 rings (SSSR count). The number of fused-ring (bicyclic) bond motifs is 1. The Morgan fingerprint density at radius 1 is 1.09 bits per heavy atom. The molecule has 0 spiro atoms. The molecule has 0 radical (unpaired) electrons. The van der Waals surface area contributed by atoms with Crippen molar-refractivity contribution in [2.75, 3.05) is 17.3 Å². The summed E-state index contributed by atoms with van der Waals surface area (Å²) < 4.78 is 27.8. The number of para-hydroxylation sites is 1. The van der Waals surface area contributed by atoms with Crippen LogP contribution in [0, 0.1) is 11.2 Å². The number of anilines is 2. The molecule has 1 aliphatic heterocycles. The highest BCUT2D eigenvalue weighted by molar-refractivity contribution is 9.10. The number of methoxy groups -OCH3 is 1. The number of halogens is 2. The Balaban J connectivity index is 1.53. The van der Waals surface area contributed by atoms with E-state index in [2.05, 4.69) is 26.2 Å². The topological polar surface area (TPSA) is 101 Å². The maximum atomic E-state index is 16.3. The van der Waals surface area contributed by atoms with Gasteiger partial charge in [-0.3, -0.25) is 14.5 Å². The Bertz CT molecular complexity index is 1840. The summed E-state index contributed by atoms with van der Waals surface area (Å²) in [4.78, 5) is 34.3. The first-order valence-electron chi connectivity index (χ1n) is 14.4. The van der Waals surface area contributed by atoms with E-state index in [1.54, 1.807) is 30.3 Å². The van der Waals surface area contributed by atoms with E-state index in [9.17, 15) is 14.7 Å². The summed E-state index contributed by atoms with van der Waals surface area (Å²) in [6.07, 6.45) is 0.632. The molecule has 230 valence electrons. The second kappa shape index (κ2) is 12.0. The fourth-order valence-corrected chi connectivity index (χ4v) is 6.42. The summed E-state index contributed by atoms with van der Waals surface area (Å²) in [5.41, 5.74) is 1.92. The van der Waals surface area contributed by atoms with Crippen LogP contribution in [0.25, 0.3) is 0 Å². The fraction of sp³-hybridized carbons (Fsp3) is 0.229. The summed E-state index contributed by atoms with van der Waals surface area (Å²) in [7, 11) is 1.49. The van der Waals surface area contributed by atoms with Crippen molar-refractivity contribution in [2.24, 2.45) is 5.41 Å². The van der Waals surface area contributed by atoms with Crippen molar-refractivity contribution in [2.45, 2.75) is 39.3 Å². The summed E-state index contributed by atoms with van der Waals surface area (Å²) in [5, 5.41) is 14.3. The second-order valence-electron chi connectivity index (χ2n) is 11.9. The predicted octanol–water partition coefficient (Wildman–Crippen LogP) is 7.73. The van der Waals surface area contributed by atoms with Gasteiger partial charge >= 0.3 is 0 Å². The van der Waals surface area contributed by atoms with Crippen molar-refractivity contribution in [1.29, 1.82) is 0 Å². The van der Waals surface area contributed by atoms with E-state index in [1.165, 1.54) is 30.2 Å². The minimum absolute atomic E-state index is 0.0258. The molecule has 8 nitrogen and oxygen atoms in total. The summed E-state index contributed by atoms with van der Waals surface area (Å²) in [6, 6.07) is 20.6. The molecule has 4 aromatic rings. The van der Waals surface area contributed by atoms with Crippen LogP contribution in [0.4, 0.5) is 15.8 Å². The second-order valence-corrected chi connectivity index (χ2v) is 12.6. The number of amides is 1. The molecule has 1 atom stereocenters. The number of aromatic nitrogens is 1. The van der Waals surface area contributed by atoms with Crippen LogP contribution < -0.4 is 19.7 Å². The van der Waals surface area contributed by atoms with Gasteiger partial charge in [-0.25, -0.2) is 9.37 Å². The van der Waals surface area contributed by atoms with E-state index in [-0.39, 0.29) is 52.8 Å². The van der Waals surface area contributed by atoms with Gasteiger partial charge < -0.3 is 19.9 Å². The molecule has 2 aliphatic rings. The number of nitrogens with one attached hydrogen (secondary N) is 1. The summed E-state index contributed by atoms with van der Waals surface area (Å²) >= 11 is 3.35. The van der Waals surface area contributed by atoms with Gasteiger partial charge in [0.05, 0.1) is 18.8 Å². The van der Waals surface area contributed by atoms with Gasteiger partial charge in [0.1, 0.15) is 39.9 Å². The minimum Gasteiger partial charge on any atom is -0.506 e. The highest BCUT2D eigenvalue weighted by Gasteiger charge is 2.45. The number of ketones is 1. The van der Waals surface area contributed by atoms with Gasteiger partial charge in [-0.05, 0) is 69.7 Å². The monoisotopic (exact) mass is 671 g/mol. The highest BCUT2D eigenvalue weighted by Crippen LogP contribution is 2.51. The van der Waals surface area contributed by atoms with E-state index in [4.69, 9.17) is 9.47 Å². The third-order valence-electron chi connectivity index (χ3n) is 7.99. The van der Waals surface area contributed by atoms with Crippen molar-refractivity contribution >= 4 is 39.0 Å². The van der Waals surface area contributed by atoms with E-state index in [0.717, 1.165) is 5.56 Å². The van der Waals surface area contributed by atoms with Gasteiger partial charge in [0.25, 0.3) is 5.91 Å². The minimum atomic E-state index is -1.18. The number of hydrogen-bond donors (Lipinski definition) is 2. The summed E-state index contributed by atoms with van der Waals surface area (Å²) in [5.74, 6) is -0.883. The number of pyridine rings is 1. The van der Waals surface area contributed by atoms with Crippen LogP contribution in [0.15, 0.2) is 94.7 Å². The van der Waals surface area contributed by atoms with E-state index in [1.807, 2.05) is 44.2 Å². The SMILES string of the molecule is COc1ccc(C(=O)N2c3cccc(O)c3NC3=C(C(=O)CC(C)(C)C3)[C@@H]2c2ccc(OCc3ccccc3)cc2F)nc1Br. The van der Waals surface area contributed by atoms with Crippen molar-refractivity contribution in [1.82, 2.24) is 4.98 Å². The molecule has 0 saturated carbocycles. The molecule has 0 fully saturated rings. The molecular weight excluding hydrogens is 641 g/mol. The van der Waals surface area contributed by atoms with Crippen molar-refractivity contribution in [3.8, 4) is 17.2 Å². The van der Waals surface area contributed by atoms with Crippen LogP contribution in [0.3, 0.4) is 0 Å². The molecule has 10 heteroatoms. The number of phenolic OH excluding ortho intramolecular Hbond substituents is 1. The van der Waals surface area contributed by atoms with E-state index < -0.39 is 23.2 Å². The standard InChI is InChI=1S/C35H31BrFN3O5/c1-35(2)17-25-30(28(42)18-35)32(22-13-12-21(16-23(22)37)45-19-20-8-5-4-6-9-20)40(26-10-7-11-27(41)31(26)38-25)34(43)24-14-15-29(44-3)33(36)39-24/h4-16,32,38,41H,17-19H2,1-3H3/t32-/m0/s1. The maximum absolute atomic E-state index is 16.3. The molecule has 0 bridgehead atoms. The van der Waals surface area contributed by atoms with Gasteiger partial charge in [0.15, 0.2) is 11.5 Å². The van der Waals surface area contributed by atoms with Crippen molar-refractivity contribution in [3.05, 3.63) is 117 Å². The number of carbonyl (C=O) groups is 2. The lowest BCUT2D eigenvalue weighted by Gasteiger charge is -2.37. The van der Waals surface area contributed by atoms with Gasteiger partial charge in [0, 0.05) is 29.3 Å². The van der Waals surface area contributed by atoms with Crippen LogP contribution in [0.2, 0.25) is 0 Å². The van der Waals surface area contributed by atoms with Crippen LogP contribution >= 0.6 is 15.9 Å². The quantitative estimate of drug-likeness (QED) is 0.160. The zero-order chi connectivity index (χ0) is 31.9. The normalized spacial score (nSPS) is 17.1. The number of aromatic hydroxyl groups is 1. The third kappa shape index (κ3) is 5.90. The number of Topliss-reactive ketones (excluding diaryl/α,β-unsaturated/α-hetero) is 1. The first-order valence-corrected chi connectivity index (χ1v) is 15.2. The number of phenols is 1. The van der Waals surface area contributed by atoms with Crippen LogP contribution in [-0.4, -0.2) is 28.9 Å². The number of rotatable bonds is 6. The van der Waals surface area contributed by atoms with Crippen molar-refractivity contribution in [3.63, 3.8) is 0 Å². The Morgan fingerprint density at radius 3 is 2.58 bits per heavy atom. The van der Waals surface area contributed by atoms with Gasteiger partial charge in [-0.1, -0.05) is 50.2 Å². The van der Waals surface area contributed by atoms with E-state index >= 15 is 4.39 Å². The number of carbonyl (C=O) groups excluding carboxylic acids is 2. The Morgan fingerprint density at radius 2 is 1.87 bits per heavy atom. The van der Waals surface area contributed by atoms with Crippen LogP contribution in [-0.2, 0) is 11.4 Å². The molecule has 2 heterocycles. The Hall–Kier alpha value is -4.70. The largest absolute Gasteiger partial charge is 0.506 e. The molecule has 1 aliphatic carbocycles. The first-order chi connectivity index (χ1) is 21.6. The molecule has 3 aromatic carbocycles. The Kier molecular flexibility index (Phi) is 8.09. The molecule has 1 amide bonds. The Labute approximate surface area is 268 Å². The van der Waals surface area contributed by atoms with Gasteiger partial charge in [-0.2, -0.15) is 0 Å². The third-order valence-corrected chi connectivity index (χ3v) is 8.56. The lowest BCUT2D eigenvalue weighted by atomic mass is 9.73. The number of ether oxygens (including phenoxy) is 2. The maximum Gasteiger partial charge on any atom is 0.277 e. The smallest absolute Gasteiger partial charge is 0.277 e. The molecule has 2 N–H and O–H groups in total. The van der Waals surface area contributed by atoms with Gasteiger partial charge in [-0.15, -0.1) is 0 Å². The highest BCUT2D eigenvalue weighted by atomic mass is 79.9. The van der Waals surface area contributed by atoms with Gasteiger partial charge in [0.2, 0.25) is 0 Å². The summed E-state index contributed by atoms with van der Waals surface area (Å²) in [6.45, 7) is 4.19. The zero-order valence-electron chi connectivity index (χ0n) is 24.9. The lowest BCUT2D eigenvalue weighted by Crippen LogP contribution is -2.40. The molecule has 45 heavy (non-hydrogen) atoms. The molecule has 0 saturated heterocycles. The molecular formula is C35H31BrFN3O5. The van der Waals surface area contributed by atoms with E-state index in [0.29, 0.717) is 28.2 Å². The van der Waals surface area contributed by atoms with Crippen molar-refractivity contribution < 1.29 is 28.6 Å².